The maximum absolute atomic E-state index is 12.4. The van der Waals surface area contributed by atoms with Crippen molar-refractivity contribution in [1.29, 1.82) is 0 Å². The molecule has 0 atom stereocenters. The second-order valence-electron chi connectivity index (χ2n) is 8.05. The van der Waals surface area contributed by atoms with Gasteiger partial charge < -0.3 is 19.5 Å². The van der Waals surface area contributed by atoms with Gasteiger partial charge in [-0.1, -0.05) is 49.4 Å². The highest BCUT2D eigenvalue weighted by Crippen LogP contribution is 2.31. The summed E-state index contributed by atoms with van der Waals surface area (Å²) in [5.41, 5.74) is 2.74. The van der Waals surface area contributed by atoms with Crippen LogP contribution in [-0.2, 0) is 24.5 Å². The van der Waals surface area contributed by atoms with Gasteiger partial charge in [-0.25, -0.2) is 0 Å². The van der Waals surface area contributed by atoms with E-state index in [1.54, 1.807) is 13.2 Å². The molecule has 4 aromatic rings. The lowest BCUT2D eigenvalue weighted by molar-refractivity contribution is -0.122. The lowest BCUT2D eigenvalue weighted by Crippen LogP contribution is -2.28. The Morgan fingerprint density at radius 1 is 0.944 bits per heavy atom. The zero-order chi connectivity index (χ0) is 25.2. The molecule has 0 saturated carbocycles. The maximum atomic E-state index is 12.4. The summed E-state index contributed by atoms with van der Waals surface area (Å²) in [7, 11) is 1.58. The molecule has 9 heteroatoms. The van der Waals surface area contributed by atoms with Crippen LogP contribution in [0.15, 0.2) is 72.8 Å². The van der Waals surface area contributed by atoms with Crippen molar-refractivity contribution in [2.24, 2.45) is 0 Å². The number of hydrogen-bond donors (Lipinski definition) is 1. The van der Waals surface area contributed by atoms with E-state index in [1.807, 2.05) is 66.7 Å². The van der Waals surface area contributed by atoms with Gasteiger partial charge in [0.2, 0.25) is 11.7 Å². The highest BCUT2D eigenvalue weighted by Gasteiger charge is 2.13. The third kappa shape index (κ3) is 6.82. The van der Waals surface area contributed by atoms with E-state index in [0.717, 1.165) is 23.3 Å². The molecule has 36 heavy (non-hydrogen) atoms. The lowest BCUT2D eigenvalue weighted by atomic mass is 10.2. The Morgan fingerprint density at radius 3 is 2.50 bits per heavy atom. The van der Waals surface area contributed by atoms with Crippen LogP contribution < -0.4 is 19.5 Å². The molecule has 0 aliphatic heterocycles. The highest BCUT2D eigenvalue weighted by molar-refractivity contribution is 5.75. The van der Waals surface area contributed by atoms with Crippen molar-refractivity contribution < 1.29 is 19.0 Å². The average molecular weight is 488 g/mol. The van der Waals surface area contributed by atoms with Crippen LogP contribution in [0.5, 0.6) is 17.2 Å². The van der Waals surface area contributed by atoms with Crippen molar-refractivity contribution in [2.45, 2.75) is 33.0 Å². The van der Waals surface area contributed by atoms with Crippen LogP contribution in [0.3, 0.4) is 0 Å². The molecule has 0 fully saturated rings. The fourth-order valence-electron chi connectivity index (χ4n) is 3.40. The zero-order valence-corrected chi connectivity index (χ0v) is 20.4. The smallest absolute Gasteiger partial charge is 0.243 e. The fourth-order valence-corrected chi connectivity index (χ4v) is 3.40. The molecule has 0 aliphatic carbocycles. The molecule has 186 valence electrons. The van der Waals surface area contributed by atoms with Gasteiger partial charge in [-0.2, -0.15) is 4.80 Å². The van der Waals surface area contributed by atoms with Crippen LogP contribution >= 0.6 is 0 Å². The van der Waals surface area contributed by atoms with E-state index in [9.17, 15) is 4.79 Å². The zero-order valence-electron chi connectivity index (χ0n) is 20.4. The molecule has 0 spiro atoms. The lowest BCUT2D eigenvalue weighted by Gasteiger charge is -2.11. The largest absolute Gasteiger partial charge is 0.494 e. The van der Waals surface area contributed by atoms with Gasteiger partial charge in [-0.3, -0.25) is 4.79 Å². The minimum atomic E-state index is -0.215. The van der Waals surface area contributed by atoms with Crippen molar-refractivity contribution in [1.82, 2.24) is 25.5 Å². The average Bonchev–Trinajstić information content (AvgIpc) is 3.39. The van der Waals surface area contributed by atoms with Crippen molar-refractivity contribution in [3.8, 4) is 28.6 Å². The summed E-state index contributed by atoms with van der Waals surface area (Å²) in [6, 6.07) is 23.0. The van der Waals surface area contributed by atoms with Gasteiger partial charge in [0.1, 0.15) is 18.9 Å². The molecule has 1 amide bonds. The van der Waals surface area contributed by atoms with Crippen LogP contribution in [0.25, 0.3) is 11.4 Å². The topological polar surface area (TPSA) is 100 Å². The van der Waals surface area contributed by atoms with Gasteiger partial charge >= 0.3 is 0 Å². The van der Waals surface area contributed by atoms with E-state index >= 15 is 0 Å². The van der Waals surface area contributed by atoms with Gasteiger partial charge in [0.05, 0.1) is 13.7 Å². The van der Waals surface area contributed by atoms with Crippen molar-refractivity contribution >= 4 is 5.91 Å². The van der Waals surface area contributed by atoms with Crippen molar-refractivity contribution in [3.63, 3.8) is 0 Å². The molecule has 1 N–H and O–H groups in total. The number of tetrazole rings is 1. The van der Waals surface area contributed by atoms with E-state index in [-0.39, 0.29) is 12.5 Å². The number of amides is 1. The SMILES string of the molecule is CCCOc1ccc(CNC(=O)Cn2nnc(-c3ccc(OCc4ccccc4)c(OC)c3)n2)cc1. The van der Waals surface area contributed by atoms with E-state index < -0.39 is 0 Å². The van der Waals surface area contributed by atoms with Gasteiger partial charge in [0.15, 0.2) is 11.5 Å². The first-order chi connectivity index (χ1) is 17.6. The maximum Gasteiger partial charge on any atom is 0.243 e. The third-order valence-electron chi connectivity index (χ3n) is 5.28. The third-order valence-corrected chi connectivity index (χ3v) is 5.28. The van der Waals surface area contributed by atoms with E-state index in [0.29, 0.717) is 42.6 Å². The molecule has 4 rings (SSSR count). The minimum Gasteiger partial charge on any atom is -0.494 e. The number of carbonyl (C=O) groups is 1. The number of rotatable bonds is 12. The second kappa shape index (κ2) is 12.3. The fraction of sp³-hybridized carbons (Fsp3) is 0.259. The monoisotopic (exact) mass is 487 g/mol. The van der Waals surface area contributed by atoms with Gasteiger partial charge in [-0.05, 0) is 53.1 Å². The highest BCUT2D eigenvalue weighted by atomic mass is 16.5. The summed E-state index contributed by atoms with van der Waals surface area (Å²) in [5.74, 6) is 2.16. The molecular weight excluding hydrogens is 458 g/mol. The van der Waals surface area contributed by atoms with E-state index in [4.69, 9.17) is 14.2 Å². The van der Waals surface area contributed by atoms with Crippen molar-refractivity contribution in [2.75, 3.05) is 13.7 Å². The summed E-state index contributed by atoms with van der Waals surface area (Å²) in [4.78, 5) is 13.6. The van der Waals surface area contributed by atoms with E-state index in [1.165, 1.54) is 4.80 Å². The predicted octanol–water partition coefficient (Wildman–Crippen LogP) is 4.03. The van der Waals surface area contributed by atoms with Crippen LogP contribution in [-0.4, -0.2) is 39.8 Å². The van der Waals surface area contributed by atoms with Gasteiger partial charge in [0, 0.05) is 12.1 Å². The summed E-state index contributed by atoms with van der Waals surface area (Å²) in [6.07, 6.45) is 0.956. The molecule has 0 saturated heterocycles. The molecule has 1 heterocycles. The van der Waals surface area contributed by atoms with Crippen molar-refractivity contribution in [3.05, 3.63) is 83.9 Å². The number of benzene rings is 3. The first-order valence-electron chi connectivity index (χ1n) is 11.8. The Hall–Kier alpha value is -4.40. The van der Waals surface area contributed by atoms with Crippen LogP contribution in [0, 0.1) is 0 Å². The number of hydrogen-bond acceptors (Lipinski definition) is 7. The number of nitrogens with zero attached hydrogens (tertiary/aromatic N) is 4. The summed E-state index contributed by atoms with van der Waals surface area (Å²) < 4.78 is 17.0. The van der Waals surface area contributed by atoms with Crippen LogP contribution in [0.2, 0.25) is 0 Å². The number of ether oxygens (including phenoxy) is 3. The molecule has 1 aromatic heterocycles. The second-order valence-corrected chi connectivity index (χ2v) is 8.05. The Kier molecular flexibility index (Phi) is 8.48. The molecule has 3 aromatic carbocycles. The summed E-state index contributed by atoms with van der Waals surface area (Å²) in [6.45, 7) is 3.53. The summed E-state index contributed by atoms with van der Waals surface area (Å²) >= 11 is 0. The Labute approximate surface area is 210 Å². The molecule has 0 unspecified atom stereocenters. The quantitative estimate of drug-likeness (QED) is 0.322. The minimum absolute atomic E-state index is 0.0416. The van der Waals surface area contributed by atoms with Gasteiger partial charge in [-0.15, -0.1) is 10.2 Å². The summed E-state index contributed by atoms with van der Waals surface area (Å²) in [5, 5.41) is 15.3. The molecule has 0 radical (unpaired) electrons. The van der Waals surface area contributed by atoms with Gasteiger partial charge in [0.25, 0.3) is 0 Å². The molecule has 0 bridgehead atoms. The molecule has 9 nitrogen and oxygen atoms in total. The Balaban J connectivity index is 1.31. The standard InChI is InChI=1S/C27H29N5O4/c1-3-15-35-23-12-9-20(10-13-23)17-28-26(33)18-32-30-27(29-31-32)22-11-14-24(25(16-22)34-2)36-19-21-7-5-4-6-8-21/h4-14,16H,3,15,17-19H2,1-2H3,(H,28,33). The first kappa shape index (κ1) is 24.7. The Bertz CT molecular complexity index is 1260. The van der Waals surface area contributed by atoms with Crippen LogP contribution in [0.1, 0.15) is 24.5 Å². The predicted molar refractivity (Wildman–Crippen MR) is 135 cm³/mol. The Morgan fingerprint density at radius 2 is 1.75 bits per heavy atom. The van der Waals surface area contributed by atoms with Crippen LogP contribution in [0.4, 0.5) is 0 Å². The van der Waals surface area contributed by atoms with E-state index in [2.05, 4.69) is 27.7 Å². The number of aromatic nitrogens is 4. The number of nitrogens with one attached hydrogen (secondary N) is 1. The first-order valence-corrected chi connectivity index (χ1v) is 11.8. The number of carbonyl (C=O) groups excluding carboxylic acids is 1. The molecular formula is C27H29N5O4. The number of methoxy groups -OCH3 is 1. The molecule has 0 aliphatic rings. The normalized spacial score (nSPS) is 10.6.